The number of nitrogens with one attached hydrogen (secondary N) is 3. The number of hydrogen-bond donors (Lipinski definition) is 3. The standard InChI is InChI=1S/C23H27N5O2S/c1-15(2)20(28-23(30)25-13-17-7-5-4-6-8-17)21(29)26-16(3)22-27-19(14-31-22)18-9-11-24-12-10-18/h4-12,14-16,20H,13H2,1-3H3,(H,26,29)(H2,25,28,30). The van der Waals surface area contributed by atoms with Gasteiger partial charge in [-0.25, -0.2) is 9.78 Å². The first kappa shape index (κ1) is 22.4. The number of benzene rings is 1. The first-order valence-corrected chi connectivity index (χ1v) is 11.1. The maximum atomic E-state index is 12.9. The number of pyridine rings is 1. The van der Waals surface area contributed by atoms with E-state index >= 15 is 0 Å². The summed E-state index contributed by atoms with van der Waals surface area (Å²) in [7, 11) is 0. The zero-order chi connectivity index (χ0) is 22.2. The molecule has 2 aromatic heterocycles. The molecule has 0 aliphatic carbocycles. The molecule has 0 aliphatic rings. The highest BCUT2D eigenvalue weighted by Crippen LogP contribution is 2.25. The fraction of sp³-hybridized carbons (Fsp3) is 0.304. The summed E-state index contributed by atoms with van der Waals surface area (Å²) in [5, 5.41) is 11.3. The molecule has 0 aliphatic heterocycles. The van der Waals surface area contributed by atoms with E-state index in [1.54, 1.807) is 12.4 Å². The number of thiazole rings is 1. The van der Waals surface area contributed by atoms with Crippen LogP contribution in [0.15, 0.2) is 60.2 Å². The monoisotopic (exact) mass is 437 g/mol. The summed E-state index contributed by atoms with van der Waals surface area (Å²) in [5.74, 6) is -0.309. The van der Waals surface area contributed by atoms with Crippen molar-refractivity contribution in [2.24, 2.45) is 5.92 Å². The molecule has 0 spiro atoms. The van der Waals surface area contributed by atoms with Gasteiger partial charge in [-0.05, 0) is 30.5 Å². The second-order valence-corrected chi connectivity index (χ2v) is 8.46. The number of amides is 3. The zero-order valence-corrected chi connectivity index (χ0v) is 18.6. The topological polar surface area (TPSA) is 96.0 Å². The second kappa shape index (κ2) is 10.7. The fourth-order valence-corrected chi connectivity index (χ4v) is 3.85. The molecule has 2 unspecified atom stereocenters. The van der Waals surface area contributed by atoms with Crippen molar-refractivity contribution >= 4 is 23.3 Å². The summed E-state index contributed by atoms with van der Waals surface area (Å²) in [6.45, 7) is 6.08. The average molecular weight is 438 g/mol. The minimum atomic E-state index is -0.655. The largest absolute Gasteiger partial charge is 0.345 e. The summed E-state index contributed by atoms with van der Waals surface area (Å²) in [6.07, 6.45) is 3.45. The van der Waals surface area contributed by atoms with E-state index in [-0.39, 0.29) is 23.9 Å². The molecule has 7 nitrogen and oxygen atoms in total. The van der Waals surface area contributed by atoms with Gasteiger partial charge in [0.2, 0.25) is 5.91 Å². The molecule has 1 aromatic carbocycles. The molecule has 2 atom stereocenters. The first-order chi connectivity index (χ1) is 14.9. The smallest absolute Gasteiger partial charge is 0.315 e. The van der Waals surface area contributed by atoms with E-state index in [1.807, 2.05) is 68.6 Å². The van der Waals surface area contributed by atoms with Crippen LogP contribution in [0.1, 0.15) is 37.4 Å². The molecule has 162 valence electrons. The Balaban J connectivity index is 1.57. The number of aromatic nitrogens is 2. The number of rotatable bonds is 8. The molecule has 0 bridgehead atoms. The molecule has 0 fully saturated rings. The van der Waals surface area contributed by atoms with E-state index in [4.69, 9.17) is 0 Å². The second-order valence-electron chi connectivity index (χ2n) is 7.57. The van der Waals surface area contributed by atoms with Gasteiger partial charge in [0.15, 0.2) is 0 Å². The van der Waals surface area contributed by atoms with Gasteiger partial charge in [-0.15, -0.1) is 11.3 Å². The van der Waals surface area contributed by atoms with Crippen LogP contribution < -0.4 is 16.0 Å². The predicted molar refractivity (Wildman–Crippen MR) is 122 cm³/mol. The van der Waals surface area contributed by atoms with Crippen molar-refractivity contribution in [3.05, 3.63) is 70.8 Å². The van der Waals surface area contributed by atoms with Crippen LogP contribution in [0.2, 0.25) is 0 Å². The number of carbonyl (C=O) groups excluding carboxylic acids is 2. The number of nitrogens with zero attached hydrogens (tertiary/aromatic N) is 2. The SMILES string of the molecule is CC(NC(=O)C(NC(=O)NCc1ccccc1)C(C)C)c1nc(-c2ccncc2)cs1. The highest BCUT2D eigenvalue weighted by Gasteiger charge is 2.26. The Labute approximate surface area is 186 Å². The summed E-state index contributed by atoms with van der Waals surface area (Å²) in [4.78, 5) is 33.9. The van der Waals surface area contributed by atoms with Crippen LogP contribution in [0, 0.1) is 5.92 Å². The normalized spacial score (nSPS) is 12.8. The lowest BCUT2D eigenvalue weighted by molar-refractivity contribution is -0.124. The lowest BCUT2D eigenvalue weighted by atomic mass is 10.0. The molecule has 3 aromatic rings. The zero-order valence-electron chi connectivity index (χ0n) is 17.8. The molecule has 31 heavy (non-hydrogen) atoms. The molecular formula is C23H27N5O2S. The Morgan fingerprint density at radius 2 is 1.71 bits per heavy atom. The molecule has 3 N–H and O–H groups in total. The lowest BCUT2D eigenvalue weighted by Crippen LogP contribution is -2.52. The maximum Gasteiger partial charge on any atom is 0.315 e. The van der Waals surface area contributed by atoms with Crippen LogP contribution in [0.5, 0.6) is 0 Å². The highest BCUT2D eigenvalue weighted by atomic mass is 32.1. The van der Waals surface area contributed by atoms with E-state index in [0.717, 1.165) is 21.8 Å². The van der Waals surface area contributed by atoms with Gasteiger partial charge in [0.05, 0.1) is 11.7 Å². The van der Waals surface area contributed by atoms with Crippen molar-refractivity contribution in [1.82, 2.24) is 25.9 Å². The molecule has 0 radical (unpaired) electrons. The molecule has 8 heteroatoms. The van der Waals surface area contributed by atoms with Gasteiger partial charge in [0, 0.05) is 29.9 Å². The Bertz CT molecular complexity index is 991. The van der Waals surface area contributed by atoms with Crippen molar-refractivity contribution in [2.45, 2.75) is 39.4 Å². The van der Waals surface area contributed by atoms with Crippen molar-refractivity contribution < 1.29 is 9.59 Å². The predicted octanol–water partition coefficient (Wildman–Crippen LogP) is 3.91. The minimum absolute atomic E-state index is 0.0710. The quantitative estimate of drug-likeness (QED) is 0.498. The average Bonchev–Trinajstić information content (AvgIpc) is 3.27. The van der Waals surface area contributed by atoms with E-state index < -0.39 is 6.04 Å². The van der Waals surface area contributed by atoms with Gasteiger partial charge in [0.25, 0.3) is 0 Å². The van der Waals surface area contributed by atoms with Gasteiger partial charge in [0.1, 0.15) is 11.0 Å². The molecule has 3 amide bonds. The van der Waals surface area contributed by atoms with Crippen molar-refractivity contribution in [3.8, 4) is 11.3 Å². The highest BCUT2D eigenvalue weighted by molar-refractivity contribution is 7.10. The Kier molecular flexibility index (Phi) is 7.72. The third-order valence-electron chi connectivity index (χ3n) is 4.76. The third-order valence-corrected chi connectivity index (χ3v) is 5.79. The van der Waals surface area contributed by atoms with Crippen molar-refractivity contribution in [1.29, 1.82) is 0 Å². The van der Waals surface area contributed by atoms with Gasteiger partial charge >= 0.3 is 6.03 Å². The molecule has 0 saturated heterocycles. The van der Waals surface area contributed by atoms with Gasteiger partial charge in [-0.2, -0.15) is 0 Å². The third kappa shape index (κ3) is 6.36. The van der Waals surface area contributed by atoms with Gasteiger partial charge < -0.3 is 16.0 Å². The van der Waals surface area contributed by atoms with E-state index in [1.165, 1.54) is 11.3 Å². The molecule has 3 rings (SSSR count). The minimum Gasteiger partial charge on any atom is -0.345 e. The van der Waals surface area contributed by atoms with Crippen LogP contribution in [-0.4, -0.2) is 27.9 Å². The number of carbonyl (C=O) groups is 2. The molecule has 2 heterocycles. The van der Waals surface area contributed by atoms with Crippen LogP contribution in [-0.2, 0) is 11.3 Å². The number of urea groups is 1. The van der Waals surface area contributed by atoms with Crippen LogP contribution in [0.4, 0.5) is 4.79 Å². The Morgan fingerprint density at radius 1 is 1.00 bits per heavy atom. The molecular weight excluding hydrogens is 410 g/mol. The van der Waals surface area contributed by atoms with E-state index in [2.05, 4.69) is 25.9 Å². The summed E-state index contributed by atoms with van der Waals surface area (Å²) >= 11 is 1.49. The van der Waals surface area contributed by atoms with Gasteiger partial charge in [-0.3, -0.25) is 9.78 Å². The van der Waals surface area contributed by atoms with Gasteiger partial charge in [-0.1, -0.05) is 44.2 Å². The van der Waals surface area contributed by atoms with Crippen LogP contribution in [0.25, 0.3) is 11.3 Å². The number of hydrogen-bond acceptors (Lipinski definition) is 5. The summed E-state index contributed by atoms with van der Waals surface area (Å²) < 4.78 is 0. The summed E-state index contributed by atoms with van der Waals surface area (Å²) in [6, 6.07) is 12.1. The van der Waals surface area contributed by atoms with Crippen molar-refractivity contribution in [3.63, 3.8) is 0 Å². The Morgan fingerprint density at radius 3 is 2.39 bits per heavy atom. The van der Waals surface area contributed by atoms with E-state index in [9.17, 15) is 9.59 Å². The van der Waals surface area contributed by atoms with Crippen molar-refractivity contribution in [2.75, 3.05) is 0 Å². The first-order valence-electron chi connectivity index (χ1n) is 10.2. The fourth-order valence-electron chi connectivity index (χ4n) is 3.01. The maximum absolute atomic E-state index is 12.9. The Hall–Kier alpha value is -3.26. The van der Waals surface area contributed by atoms with Crippen LogP contribution >= 0.6 is 11.3 Å². The van der Waals surface area contributed by atoms with E-state index in [0.29, 0.717) is 6.54 Å². The lowest BCUT2D eigenvalue weighted by Gasteiger charge is -2.23. The van der Waals surface area contributed by atoms with Crippen LogP contribution in [0.3, 0.4) is 0 Å². The summed E-state index contributed by atoms with van der Waals surface area (Å²) in [5.41, 5.74) is 2.82. The molecule has 0 saturated carbocycles.